The number of aryl methyl sites for hydroxylation is 1. The molecule has 0 aliphatic carbocycles. The van der Waals surface area contributed by atoms with Gasteiger partial charge in [0.2, 0.25) is 0 Å². The standard InChI is InChI=1S/C17H16BrN3O/c1-11-16(18)17(12-3-9-15(22-2)10-4-12)21(20-11)14-7-5-13(19)6-8-14/h3-10H,19H2,1-2H3. The number of rotatable bonds is 3. The zero-order chi connectivity index (χ0) is 15.7. The van der Waals surface area contributed by atoms with Gasteiger partial charge in [-0.1, -0.05) is 0 Å². The van der Waals surface area contributed by atoms with Gasteiger partial charge in [0, 0.05) is 11.3 Å². The molecule has 3 aromatic rings. The van der Waals surface area contributed by atoms with Crippen LogP contribution in [-0.2, 0) is 0 Å². The molecule has 0 saturated carbocycles. The van der Waals surface area contributed by atoms with E-state index in [0.29, 0.717) is 0 Å². The predicted molar refractivity (Wildman–Crippen MR) is 92.4 cm³/mol. The maximum Gasteiger partial charge on any atom is 0.118 e. The van der Waals surface area contributed by atoms with E-state index in [4.69, 9.17) is 10.5 Å². The number of nitrogens with zero attached hydrogens (tertiary/aromatic N) is 2. The van der Waals surface area contributed by atoms with Gasteiger partial charge in [0.25, 0.3) is 0 Å². The third kappa shape index (κ3) is 2.60. The van der Waals surface area contributed by atoms with Crippen molar-refractivity contribution in [2.24, 2.45) is 0 Å². The summed E-state index contributed by atoms with van der Waals surface area (Å²) in [5.41, 5.74) is 10.5. The summed E-state index contributed by atoms with van der Waals surface area (Å²) in [6.45, 7) is 1.98. The second-order valence-electron chi connectivity index (χ2n) is 4.98. The highest BCUT2D eigenvalue weighted by Crippen LogP contribution is 2.33. The number of benzene rings is 2. The molecule has 0 fully saturated rings. The van der Waals surface area contributed by atoms with E-state index in [1.54, 1.807) is 7.11 Å². The van der Waals surface area contributed by atoms with Crippen LogP contribution in [0.2, 0.25) is 0 Å². The van der Waals surface area contributed by atoms with Gasteiger partial charge >= 0.3 is 0 Å². The van der Waals surface area contributed by atoms with E-state index in [1.807, 2.05) is 60.1 Å². The fourth-order valence-electron chi connectivity index (χ4n) is 2.31. The van der Waals surface area contributed by atoms with E-state index in [1.165, 1.54) is 0 Å². The van der Waals surface area contributed by atoms with Crippen LogP contribution in [0.5, 0.6) is 5.75 Å². The third-order valence-corrected chi connectivity index (χ3v) is 4.44. The molecule has 0 aliphatic heterocycles. The van der Waals surface area contributed by atoms with Crippen LogP contribution in [0.3, 0.4) is 0 Å². The summed E-state index contributed by atoms with van der Waals surface area (Å²) in [5.74, 6) is 0.829. The lowest BCUT2D eigenvalue weighted by Gasteiger charge is -2.09. The molecule has 0 bridgehead atoms. The fraction of sp³-hybridized carbons (Fsp3) is 0.118. The summed E-state index contributed by atoms with van der Waals surface area (Å²) < 4.78 is 8.12. The summed E-state index contributed by atoms with van der Waals surface area (Å²) in [6, 6.07) is 15.6. The predicted octanol–water partition coefficient (Wildman–Crippen LogP) is 4.20. The number of halogens is 1. The van der Waals surface area contributed by atoms with Crippen LogP contribution in [0.4, 0.5) is 5.69 Å². The molecule has 5 heteroatoms. The van der Waals surface area contributed by atoms with E-state index in [-0.39, 0.29) is 0 Å². The van der Waals surface area contributed by atoms with Crippen molar-refractivity contribution in [3.05, 3.63) is 58.7 Å². The largest absolute Gasteiger partial charge is 0.497 e. The molecule has 0 atom stereocenters. The highest BCUT2D eigenvalue weighted by atomic mass is 79.9. The van der Waals surface area contributed by atoms with Crippen molar-refractivity contribution in [1.82, 2.24) is 9.78 Å². The SMILES string of the molecule is COc1ccc(-c2c(Br)c(C)nn2-c2ccc(N)cc2)cc1. The summed E-state index contributed by atoms with van der Waals surface area (Å²) in [7, 11) is 1.66. The minimum atomic E-state index is 0.734. The van der Waals surface area contributed by atoms with Crippen molar-refractivity contribution in [2.75, 3.05) is 12.8 Å². The van der Waals surface area contributed by atoms with Crippen molar-refractivity contribution in [2.45, 2.75) is 6.92 Å². The van der Waals surface area contributed by atoms with Crippen molar-refractivity contribution >= 4 is 21.6 Å². The van der Waals surface area contributed by atoms with Crippen LogP contribution in [0.15, 0.2) is 53.0 Å². The normalized spacial score (nSPS) is 10.7. The Hall–Kier alpha value is -2.27. The van der Waals surface area contributed by atoms with Gasteiger partial charge in [-0.05, 0) is 71.4 Å². The van der Waals surface area contributed by atoms with Crippen molar-refractivity contribution in [1.29, 1.82) is 0 Å². The maximum absolute atomic E-state index is 5.77. The average molecular weight is 358 g/mol. The molecule has 0 amide bonds. The van der Waals surface area contributed by atoms with Gasteiger partial charge in [0.05, 0.1) is 28.7 Å². The minimum absolute atomic E-state index is 0.734. The Morgan fingerprint density at radius 2 is 1.68 bits per heavy atom. The van der Waals surface area contributed by atoms with E-state index in [9.17, 15) is 0 Å². The van der Waals surface area contributed by atoms with Crippen LogP contribution >= 0.6 is 15.9 Å². The number of nitrogens with two attached hydrogens (primary N) is 1. The van der Waals surface area contributed by atoms with Gasteiger partial charge < -0.3 is 10.5 Å². The van der Waals surface area contributed by atoms with Gasteiger partial charge in [0.1, 0.15) is 5.75 Å². The molecule has 22 heavy (non-hydrogen) atoms. The lowest BCUT2D eigenvalue weighted by Crippen LogP contribution is -1.99. The van der Waals surface area contributed by atoms with E-state index in [2.05, 4.69) is 21.0 Å². The third-order valence-electron chi connectivity index (χ3n) is 3.49. The van der Waals surface area contributed by atoms with Crippen molar-refractivity contribution in [3.63, 3.8) is 0 Å². The molecule has 112 valence electrons. The Bertz CT molecular complexity index is 792. The highest BCUT2D eigenvalue weighted by molar-refractivity contribution is 9.10. The number of methoxy groups -OCH3 is 1. The topological polar surface area (TPSA) is 53.1 Å². The Labute approximate surface area is 137 Å². The summed E-state index contributed by atoms with van der Waals surface area (Å²) in [6.07, 6.45) is 0. The molecule has 0 unspecified atom stereocenters. The Morgan fingerprint density at radius 3 is 2.27 bits per heavy atom. The summed E-state index contributed by atoms with van der Waals surface area (Å²) >= 11 is 3.65. The van der Waals surface area contributed by atoms with Crippen molar-refractivity contribution in [3.8, 4) is 22.7 Å². The fourth-order valence-corrected chi connectivity index (χ4v) is 2.78. The number of nitrogen functional groups attached to an aromatic ring is 1. The number of anilines is 1. The van der Waals surface area contributed by atoms with Gasteiger partial charge in [-0.15, -0.1) is 0 Å². The molecule has 2 aromatic carbocycles. The van der Waals surface area contributed by atoms with Crippen LogP contribution in [0.1, 0.15) is 5.69 Å². The molecule has 0 saturated heterocycles. The lowest BCUT2D eigenvalue weighted by atomic mass is 10.1. The molecule has 4 nitrogen and oxygen atoms in total. The van der Waals surface area contributed by atoms with E-state index in [0.717, 1.165) is 38.5 Å². The number of hydrogen-bond acceptors (Lipinski definition) is 3. The quantitative estimate of drug-likeness (QED) is 0.714. The Kier molecular flexibility index (Phi) is 3.90. The van der Waals surface area contributed by atoms with Crippen LogP contribution in [-0.4, -0.2) is 16.9 Å². The summed E-state index contributed by atoms with van der Waals surface area (Å²) in [4.78, 5) is 0. The lowest BCUT2D eigenvalue weighted by molar-refractivity contribution is 0.415. The smallest absolute Gasteiger partial charge is 0.118 e. The van der Waals surface area contributed by atoms with Crippen LogP contribution in [0, 0.1) is 6.92 Å². The first-order chi connectivity index (χ1) is 10.6. The van der Waals surface area contributed by atoms with E-state index >= 15 is 0 Å². The van der Waals surface area contributed by atoms with Gasteiger partial charge in [0.15, 0.2) is 0 Å². The number of ether oxygens (including phenoxy) is 1. The number of hydrogen-bond donors (Lipinski definition) is 1. The first kappa shape index (κ1) is 14.7. The Morgan fingerprint density at radius 1 is 1.05 bits per heavy atom. The molecule has 0 aliphatic rings. The average Bonchev–Trinajstić information content (AvgIpc) is 2.84. The zero-order valence-electron chi connectivity index (χ0n) is 12.4. The number of aromatic nitrogens is 2. The zero-order valence-corrected chi connectivity index (χ0v) is 14.0. The monoisotopic (exact) mass is 357 g/mol. The second-order valence-corrected chi connectivity index (χ2v) is 5.77. The maximum atomic E-state index is 5.77. The second kappa shape index (κ2) is 5.85. The molecular weight excluding hydrogens is 342 g/mol. The van der Waals surface area contributed by atoms with Gasteiger partial charge in [-0.25, -0.2) is 4.68 Å². The van der Waals surface area contributed by atoms with Crippen LogP contribution < -0.4 is 10.5 Å². The summed E-state index contributed by atoms with van der Waals surface area (Å²) in [5, 5.41) is 4.63. The molecule has 1 aromatic heterocycles. The molecule has 1 heterocycles. The van der Waals surface area contributed by atoms with Gasteiger partial charge in [-0.3, -0.25) is 0 Å². The molecule has 2 N–H and O–H groups in total. The van der Waals surface area contributed by atoms with E-state index < -0.39 is 0 Å². The molecule has 0 radical (unpaired) electrons. The van der Waals surface area contributed by atoms with Crippen molar-refractivity contribution < 1.29 is 4.74 Å². The highest BCUT2D eigenvalue weighted by Gasteiger charge is 2.16. The molecule has 0 spiro atoms. The molecular formula is C17H16BrN3O. The minimum Gasteiger partial charge on any atom is -0.497 e. The Balaban J connectivity index is 2.15. The molecule has 3 rings (SSSR count). The first-order valence-corrected chi connectivity index (χ1v) is 7.65. The van der Waals surface area contributed by atoms with Crippen LogP contribution in [0.25, 0.3) is 16.9 Å². The van der Waals surface area contributed by atoms with Gasteiger partial charge in [-0.2, -0.15) is 5.10 Å². The first-order valence-electron chi connectivity index (χ1n) is 6.85.